The van der Waals surface area contributed by atoms with Gasteiger partial charge in [-0.3, -0.25) is 4.79 Å². The van der Waals surface area contributed by atoms with Crippen LogP contribution in [0.15, 0.2) is 30.5 Å². The highest BCUT2D eigenvalue weighted by Crippen LogP contribution is 2.45. The Balaban J connectivity index is 1.72. The number of nitrogens with zero attached hydrogens (tertiary/aromatic N) is 3. The van der Waals surface area contributed by atoms with Gasteiger partial charge in [0, 0.05) is 19.0 Å². The number of piperidine rings is 1. The molecule has 3 heterocycles. The Morgan fingerprint density at radius 2 is 2.10 bits per heavy atom. The second-order valence-corrected chi connectivity index (χ2v) is 7.96. The van der Waals surface area contributed by atoms with Crippen molar-refractivity contribution < 1.29 is 22.7 Å². The lowest BCUT2D eigenvalue weighted by atomic mass is 9.96. The van der Waals surface area contributed by atoms with Crippen molar-refractivity contribution in [1.82, 2.24) is 14.7 Å². The third-order valence-corrected chi connectivity index (χ3v) is 6.03. The normalized spacial score (nSPS) is 24.2. The molecule has 6 nitrogen and oxygen atoms in total. The van der Waals surface area contributed by atoms with E-state index in [1.54, 1.807) is 29.2 Å². The average Bonchev–Trinajstić information content (AvgIpc) is 3.16. The third-order valence-electron chi connectivity index (χ3n) is 6.03. The first-order chi connectivity index (χ1) is 14.3. The minimum Gasteiger partial charge on any atom is -0.497 e. The van der Waals surface area contributed by atoms with Crippen molar-refractivity contribution in [3.8, 4) is 5.75 Å². The summed E-state index contributed by atoms with van der Waals surface area (Å²) in [6.45, 7) is 2.57. The number of anilines is 1. The van der Waals surface area contributed by atoms with Crippen LogP contribution in [-0.2, 0) is 0 Å². The zero-order chi connectivity index (χ0) is 21.5. The van der Waals surface area contributed by atoms with Crippen molar-refractivity contribution in [3.63, 3.8) is 0 Å². The Morgan fingerprint density at radius 3 is 2.80 bits per heavy atom. The van der Waals surface area contributed by atoms with Gasteiger partial charge in [-0.15, -0.1) is 0 Å². The van der Waals surface area contributed by atoms with Crippen molar-refractivity contribution in [2.45, 2.75) is 56.9 Å². The maximum absolute atomic E-state index is 13.9. The van der Waals surface area contributed by atoms with Crippen LogP contribution in [0, 0.1) is 0 Å². The standard InChI is InChI=1S/C21H25F3N4O2/c1-13-6-3-4-9-27(13)20(29)16-12-25-28-18(21(22,23)24)11-17(26-19(16)28)14-7-5-8-15(10-14)30-2/h5,7-8,10,12-13,17-18,26H,3-4,6,9,11H2,1-2H3/t13-,17-,18-/m0/s1. The number of hydrogen-bond acceptors (Lipinski definition) is 4. The highest BCUT2D eigenvalue weighted by molar-refractivity contribution is 5.99. The Bertz CT molecular complexity index is 927. The number of halogens is 3. The minimum absolute atomic E-state index is 0.0537. The maximum Gasteiger partial charge on any atom is 0.410 e. The number of nitrogens with one attached hydrogen (secondary N) is 1. The SMILES string of the molecule is COc1cccc([C@@H]2C[C@@H](C(F)(F)F)n3ncc(C(=O)N4CCCC[C@@H]4C)c3N2)c1. The molecule has 1 N–H and O–H groups in total. The summed E-state index contributed by atoms with van der Waals surface area (Å²) in [6.07, 6.45) is -0.620. The van der Waals surface area contributed by atoms with E-state index >= 15 is 0 Å². The van der Waals surface area contributed by atoms with Crippen molar-refractivity contribution in [1.29, 1.82) is 0 Å². The fourth-order valence-electron chi connectivity index (χ4n) is 4.35. The number of methoxy groups -OCH3 is 1. The number of fused-ring (bicyclic) bond motifs is 1. The van der Waals surface area contributed by atoms with Crippen molar-refractivity contribution in [3.05, 3.63) is 41.6 Å². The fraction of sp³-hybridized carbons (Fsp3) is 0.524. The number of amides is 1. The van der Waals surface area contributed by atoms with Gasteiger partial charge in [-0.2, -0.15) is 18.3 Å². The van der Waals surface area contributed by atoms with E-state index in [0.717, 1.165) is 23.9 Å². The number of benzene rings is 1. The van der Waals surface area contributed by atoms with E-state index in [-0.39, 0.29) is 29.8 Å². The molecule has 1 amide bonds. The van der Waals surface area contributed by atoms with Crippen LogP contribution in [0.1, 0.15) is 60.6 Å². The number of alkyl halides is 3. The van der Waals surface area contributed by atoms with Crippen LogP contribution in [0.5, 0.6) is 5.75 Å². The summed E-state index contributed by atoms with van der Waals surface area (Å²) < 4.78 is 47.8. The maximum atomic E-state index is 13.9. The third kappa shape index (κ3) is 3.73. The molecule has 0 spiro atoms. The molecule has 2 aromatic rings. The van der Waals surface area contributed by atoms with E-state index < -0.39 is 18.3 Å². The van der Waals surface area contributed by atoms with E-state index in [9.17, 15) is 18.0 Å². The van der Waals surface area contributed by atoms with Crippen LogP contribution in [0.4, 0.5) is 19.0 Å². The quantitative estimate of drug-likeness (QED) is 0.788. The van der Waals surface area contributed by atoms with Gasteiger partial charge in [0.15, 0.2) is 6.04 Å². The molecule has 1 aromatic heterocycles. The van der Waals surface area contributed by atoms with Crippen molar-refractivity contribution in [2.24, 2.45) is 0 Å². The van der Waals surface area contributed by atoms with Gasteiger partial charge in [-0.05, 0) is 43.9 Å². The van der Waals surface area contributed by atoms with Gasteiger partial charge in [-0.1, -0.05) is 12.1 Å². The number of carbonyl (C=O) groups excluding carboxylic acids is 1. The predicted molar refractivity (Wildman–Crippen MR) is 106 cm³/mol. The summed E-state index contributed by atoms with van der Waals surface area (Å²) in [4.78, 5) is 14.9. The molecule has 0 unspecified atom stereocenters. The van der Waals surface area contributed by atoms with Crippen LogP contribution < -0.4 is 10.1 Å². The van der Waals surface area contributed by atoms with Crippen LogP contribution in [0.2, 0.25) is 0 Å². The molecule has 0 bridgehead atoms. The largest absolute Gasteiger partial charge is 0.497 e. The van der Waals surface area contributed by atoms with E-state index in [2.05, 4.69) is 10.4 Å². The van der Waals surface area contributed by atoms with Gasteiger partial charge in [0.25, 0.3) is 5.91 Å². The zero-order valence-corrected chi connectivity index (χ0v) is 16.9. The van der Waals surface area contributed by atoms with Crippen molar-refractivity contribution >= 4 is 11.7 Å². The van der Waals surface area contributed by atoms with Crippen LogP contribution in [0.25, 0.3) is 0 Å². The summed E-state index contributed by atoms with van der Waals surface area (Å²) in [5.74, 6) is 0.415. The molecular weight excluding hydrogens is 397 g/mol. The summed E-state index contributed by atoms with van der Waals surface area (Å²) >= 11 is 0. The monoisotopic (exact) mass is 422 g/mol. The summed E-state index contributed by atoms with van der Waals surface area (Å²) in [5, 5.41) is 7.12. The van der Waals surface area contributed by atoms with Crippen LogP contribution in [-0.4, -0.2) is 46.5 Å². The smallest absolute Gasteiger partial charge is 0.410 e. The minimum atomic E-state index is -4.49. The lowest BCUT2D eigenvalue weighted by molar-refractivity contribution is -0.173. The summed E-state index contributed by atoms with van der Waals surface area (Å²) in [5.41, 5.74) is 0.853. The van der Waals surface area contributed by atoms with Crippen molar-refractivity contribution in [2.75, 3.05) is 19.0 Å². The molecule has 4 rings (SSSR count). The van der Waals surface area contributed by atoms with E-state index in [1.807, 2.05) is 6.92 Å². The topological polar surface area (TPSA) is 59.4 Å². The molecule has 9 heteroatoms. The Labute approximate surface area is 173 Å². The number of aromatic nitrogens is 2. The molecule has 162 valence electrons. The average molecular weight is 422 g/mol. The summed E-state index contributed by atoms with van der Waals surface area (Å²) in [7, 11) is 1.51. The first-order valence-corrected chi connectivity index (χ1v) is 10.1. The van der Waals surface area contributed by atoms with E-state index in [1.165, 1.54) is 13.3 Å². The highest BCUT2D eigenvalue weighted by Gasteiger charge is 2.47. The molecular formula is C21H25F3N4O2. The molecule has 0 saturated carbocycles. The number of carbonyl (C=O) groups is 1. The first-order valence-electron chi connectivity index (χ1n) is 10.1. The summed E-state index contributed by atoms with van der Waals surface area (Å²) in [6, 6.07) is 4.57. The van der Waals surface area contributed by atoms with E-state index in [4.69, 9.17) is 4.74 Å². The van der Waals surface area contributed by atoms with Gasteiger partial charge in [0.1, 0.15) is 17.1 Å². The lowest BCUT2D eigenvalue weighted by Gasteiger charge is -2.36. The van der Waals surface area contributed by atoms with E-state index in [0.29, 0.717) is 17.9 Å². The molecule has 1 aromatic carbocycles. The lowest BCUT2D eigenvalue weighted by Crippen LogP contribution is -2.42. The van der Waals surface area contributed by atoms with Gasteiger partial charge in [-0.25, -0.2) is 4.68 Å². The van der Waals surface area contributed by atoms with Gasteiger partial charge in [0.05, 0.1) is 19.3 Å². The molecule has 2 aliphatic rings. The van der Waals surface area contributed by atoms with Gasteiger partial charge >= 0.3 is 6.18 Å². The number of likely N-dealkylation sites (tertiary alicyclic amines) is 1. The van der Waals surface area contributed by atoms with Gasteiger partial charge in [0.2, 0.25) is 0 Å². The Morgan fingerprint density at radius 1 is 1.30 bits per heavy atom. The molecule has 0 radical (unpaired) electrons. The number of rotatable bonds is 3. The highest BCUT2D eigenvalue weighted by atomic mass is 19.4. The molecule has 0 aliphatic carbocycles. The molecule has 1 fully saturated rings. The first kappa shape index (κ1) is 20.6. The predicted octanol–water partition coefficient (Wildman–Crippen LogP) is 4.57. The Kier molecular flexibility index (Phi) is 5.38. The molecule has 3 atom stereocenters. The Hall–Kier alpha value is -2.71. The second kappa shape index (κ2) is 7.85. The molecule has 2 aliphatic heterocycles. The molecule has 30 heavy (non-hydrogen) atoms. The fourth-order valence-corrected chi connectivity index (χ4v) is 4.35. The van der Waals surface area contributed by atoms with Crippen LogP contribution in [0.3, 0.4) is 0 Å². The second-order valence-electron chi connectivity index (χ2n) is 7.96. The van der Waals surface area contributed by atoms with Crippen LogP contribution >= 0.6 is 0 Å². The number of ether oxygens (including phenoxy) is 1. The molecule has 1 saturated heterocycles. The zero-order valence-electron chi connectivity index (χ0n) is 16.9. The van der Waals surface area contributed by atoms with Gasteiger partial charge < -0.3 is 15.0 Å². The number of hydrogen-bond donors (Lipinski definition) is 1.